The van der Waals surface area contributed by atoms with Gasteiger partial charge in [0, 0.05) is 10.9 Å². The number of hydrazine groups is 1. The zero-order chi connectivity index (χ0) is 21.3. The molecule has 1 aliphatic carbocycles. The summed E-state index contributed by atoms with van der Waals surface area (Å²) in [6, 6.07) is 4.89. The number of fused-ring (bicyclic) bond motifs is 1. The van der Waals surface area contributed by atoms with E-state index in [9.17, 15) is 9.59 Å². The number of carbonyl (C=O) groups is 2. The van der Waals surface area contributed by atoms with Crippen LogP contribution in [0, 0.1) is 5.92 Å². The number of nitrogens with one attached hydrogen (secondary N) is 2. The van der Waals surface area contributed by atoms with Crippen LogP contribution in [-0.2, 0) is 12.8 Å². The van der Waals surface area contributed by atoms with Crippen LogP contribution in [0.5, 0.6) is 5.75 Å². The van der Waals surface area contributed by atoms with E-state index in [2.05, 4.69) is 33.3 Å². The fraction of sp³-hybridized carbons (Fsp3) is 0.316. The third-order valence-corrected chi connectivity index (χ3v) is 6.49. The van der Waals surface area contributed by atoms with Crippen molar-refractivity contribution in [3.63, 3.8) is 0 Å². The molecule has 30 heavy (non-hydrogen) atoms. The van der Waals surface area contributed by atoms with Crippen molar-refractivity contribution in [2.75, 3.05) is 7.11 Å². The number of tetrazole rings is 1. The molecule has 0 radical (unpaired) electrons. The van der Waals surface area contributed by atoms with Crippen molar-refractivity contribution in [3.8, 4) is 11.4 Å². The van der Waals surface area contributed by atoms with Gasteiger partial charge in [-0.15, -0.1) is 16.4 Å². The minimum Gasteiger partial charge on any atom is -0.496 e. The van der Waals surface area contributed by atoms with Crippen molar-refractivity contribution in [1.82, 2.24) is 31.1 Å². The number of rotatable bonds is 4. The number of aryl methyl sites for hydroxylation is 1. The monoisotopic (exact) mass is 446 g/mol. The highest BCUT2D eigenvalue weighted by atomic mass is 35.5. The molecule has 4 rings (SSSR count). The van der Waals surface area contributed by atoms with E-state index in [-0.39, 0.29) is 22.2 Å². The Kier molecular flexibility index (Phi) is 5.69. The van der Waals surface area contributed by atoms with E-state index < -0.39 is 5.91 Å². The van der Waals surface area contributed by atoms with Gasteiger partial charge in [-0.25, -0.2) is 0 Å². The van der Waals surface area contributed by atoms with Crippen molar-refractivity contribution >= 4 is 34.8 Å². The number of hydrogen-bond donors (Lipinski definition) is 2. The van der Waals surface area contributed by atoms with E-state index in [0.29, 0.717) is 16.5 Å². The Labute approximate surface area is 181 Å². The zero-order valence-electron chi connectivity index (χ0n) is 16.3. The molecular formula is C19H19ClN6O3S. The third kappa shape index (κ3) is 4.01. The molecular weight excluding hydrogens is 428 g/mol. The molecule has 1 aliphatic rings. The Morgan fingerprint density at radius 3 is 2.80 bits per heavy atom. The lowest BCUT2D eigenvalue weighted by Gasteiger charge is -2.16. The summed E-state index contributed by atoms with van der Waals surface area (Å²) in [6.07, 6.45) is 4.48. The summed E-state index contributed by atoms with van der Waals surface area (Å²) in [5.41, 5.74) is 6.74. The van der Waals surface area contributed by atoms with Crippen LogP contribution >= 0.6 is 22.9 Å². The van der Waals surface area contributed by atoms with Gasteiger partial charge in [0.25, 0.3) is 11.8 Å². The largest absolute Gasteiger partial charge is 0.496 e. The van der Waals surface area contributed by atoms with Crippen molar-refractivity contribution < 1.29 is 14.3 Å². The van der Waals surface area contributed by atoms with Gasteiger partial charge in [-0.05, 0) is 53.3 Å². The van der Waals surface area contributed by atoms with Gasteiger partial charge >= 0.3 is 0 Å². The Balaban J connectivity index is 1.47. The van der Waals surface area contributed by atoms with E-state index in [1.54, 1.807) is 6.07 Å². The number of benzene rings is 1. The van der Waals surface area contributed by atoms with Crippen LogP contribution in [0.1, 0.15) is 43.8 Å². The lowest BCUT2D eigenvalue weighted by molar-refractivity contribution is 0.0847. The van der Waals surface area contributed by atoms with Crippen LogP contribution in [-0.4, -0.2) is 39.1 Å². The molecule has 2 aromatic heterocycles. The van der Waals surface area contributed by atoms with Crippen molar-refractivity contribution in [3.05, 3.63) is 50.4 Å². The van der Waals surface area contributed by atoms with E-state index in [1.165, 1.54) is 46.0 Å². The van der Waals surface area contributed by atoms with Crippen molar-refractivity contribution in [2.24, 2.45) is 5.92 Å². The number of nitrogens with zero attached hydrogens (tertiary/aromatic N) is 4. The van der Waals surface area contributed by atoms with Crippen LogP contribution < -0.4 is 15.6 Å². The first-order valence-corrected chi connectivity index (χ1v) is 10.5. The highest BCUT2D eigenvalue weighted by molar-refractivity contribution is 7.14. The maximum Gasteiger partial charge on any atom is 0.279 e. The Morgan fingerprint density at radius 2 is 2.07 bits per heavy atom. The van der Waals surface area contributed by atoms with E-state index in [4.69, 9.17) is 16.3 Å². The van der Waals surface area contributed by atoms with E-state index in [0.717, 1.165) is 19.3 Å². The summed E-state index contributed by atoms with van der Waals surface area (Å²) >= 11 is 7.76. The number of carbonyl (C=O) groups excluding carboxylic acids is 2. The molecule has 1 unspecified atom stereocenters. The van der Waals surface area contributed by atoms with Crippen LogP contribution in [0.25, 0.3) is 5.69 Å². The number of ether oxygens (including phenoxy) is 1. The van der Waals surface area contributed by atoms with Crippen molar-refractivity contribution in [2.45, 2.75) is 26.2 Å². The smallest absolute Gasteiger partial charge is 0.279 e. The van der Waals surface area contributed by atoms with Gasteiger partial charge in [-0.1, -0.05) is 18.5 Å². The summed E-state index contributed by atoms with van der Waals surface area (Å²) in [6.45, 7) is 2.21. The molecule has 0 fully saturated rings. The number of thiophene rings is 1. The predicted octanol–water partition coefficient (Wildman–Crippen LogP) is 2.59. The molecule has 0 spiro atoms. The molecule has 1 atom stereocenters. The minimum absolute atomic E-state index is 0.166. The molecule has 11 heteroatoms. The average Bonchev–Trinajstić information content (AvgIpc) is 3.41. The molecule has 9 nitrogen and oxygen atoms in total. The maximum absolute atomic E-state index is 12.6. The van der Waals surface area contributed by atoms with E-state index in [1.807, 2.05) is 6.07 Å². The summed E-state index contributed by atoms with van der Waals surface area (Å²) in [5.74, 6) is -0.0282. The lowest BCUT2D eigenvalue weighted by Crippen LogP contribution is -2.41. The molecule has 156 valence electrons. The second-order valence-electron chi connectivity index (χ2n) is 7.07. The fourth-order valence-corrected chi connectivity index (χ4v) is 4.75. The number of hydrogen-bond acceptors (Lipinski definition) is 7. The number of halogens is 1. The first-order chi connectivity index (χ1) is 14.5. The Hall–Kier alpha value is -2.98. The van der Waals surface area contributed by atoms with Gasteiger partial charge in [0.15, 0.2) is 0 Å². The van der Waals surface area contributed by atoms with Crippen LogP contribution in [0.3, 0.4) is 0 Å². The van der Waals surface area contributed by atoms with Gasteiger partial charge < -0.3 is 4.74 Å². The number of aromatic nitrogens is 4. The highest BCUT2D eigenvalue weighted by Gasteiger charge is 2.22. The molecule has 2 N–H and O–H groups in total. The highest BCUT2D eigenvalue weighted by Crippen LogP contribution is 2.32. The summed E-state index contributed by atoms with van der Waals surface area (Å²) in [4.78, 5) is 27.0. The molecule has 0 aliphatic heterocycles. The lowest BCUT2D eigenvalue weighted by atomic mass is 9.90. The standard InChI is InChI=1S/C19H19ClN6O3S/c1-10-3-4-16-11(5-10)6-17(30-16)19(28)23-22-18(27)12-7-13(20)14(8-15(12)29-2)26-9-21-24-25-26/h6-10H,3-5H2,1-2H3,(H,22,27)(H,23,28). The average molecular weight is 447 g/mol. The predicted molar refractivity (Wildman–Crippen MR) is 111 cm³/mol. The summed E-state index contributed by atoms with van der Waals surface area (Å²) in [7, 11) is 1.43. The molecule has 3 aromatic rings. The van der Waals surface area contributed by atoms with Crippen molar-refractivity contribution in [1.29, 1.82) is 0 Å². The first-order valence-electron chi connectivity index (χ1n) is 9.29. The van der Waals surface area contributed by atoms with Gasteiger partial charge in [0.2, 0.25) is 0 Å². The maximum atomic E-state index is 12.6. The quantitative estimate of drug-likeness (QED) is 0.596. The topological polar surface area (TPSA) is 111 Å². The second kappa shape index (κ2) is 8.41. The summed E-state index contributed by atoms with van der Waals surface area (Å²) in [5, 5.41) is 11.2. The van der Waals surface area contributed by atoms with Gasteiger partial charge in [-0.3, -0.25) is 20.4 Å². The van der Waals surface area contributed by atoms with Crippen LogP contribution in [0.4, 0.5) is 0 Å². The Morgan fingerprint density at radius 1 is 1.27 bits per heavy atom. The normalized spacial score (nSPS) is 15.4. The van der Waals surface area contributed by atoms with Gasteiger partial charge in [0.05, 0.1) is 28.3 Å². The van der Waals surface area contributed by atoms with Crippen LogP contribution in [0.2, 0.25) is 5.02 Å². The molecule has 1 aromatic carbocycles. The summed E-state index contributed by atoms with van der Waals surface area (Å²) < 4.78 is 6.66. The minimum atomic E-state index is -0.555. The molecule has 2 amide bonds. The van der Waals surface area contributed by atoms with Crippen LogP contribution in [0.15, 0.2) is 24.5 Å². The third-order valence-electron chi connectivity index (χ3n) is 4.95. The number of amides is 2. The zero-order valence-corrected chi connectivity index (χ0v) is 17.9. The number of methoxy groups -OCH3 is 1. The molecule has 0 bridgehead atoms. The SMILES string of the molecule is COc1cc(-n2cnnn2)c(Cl)cc1C(=O)NNC(=O)c1cc2c(s1)CCC(C)C2. The second-order valence-corrected chi connectivity index (χ2v) is 8.62. The van der Waals surface area contributed by atoms with E-state index >= 15 is 0 Å². The first kappa shape index (κ1) is 20.3. The van der Waals surface area contributed by atoms with Gasteiger partial charge in [0.1, 0.15) is 12.1 Å². The molecule has 2 heterocycles. The fourth-order valence-electron chi connectivity index (χ4n) is 3.40. The Bertz CT molecular complexity index is 1100. The molecule has 0 saturated carbocycles. The van der Waals surface area contributed by atoms with Gasteiger partial charge in [-0.2, -0.15) is 4.68 Å². The molecule has 0 saturated heterocycles.